The zero-order chi connectivity index (χ0) is 23.2. The lowest BCUT2D eigenvalue weighted by Gasteiger charge is -2.41. The van der Waals surface area contributed by atoms with Crippen LogP contribution in [-0.4, -0.2) is 66.0 Å². The number of alkyl halides is 15. The van der Waals surface area contributed by atoms with Crippen LogP contribution in [0, 0.1) is 0 Å². The van der Waals surface area contributed by atoms with Crippen LogP contribution in [0.15, 0.2) is 0 Å². The third-order valence-corrected chi connectivity index (χ3v) is 2.90. The highest BCUT2D eigenvalue weighted by atomic mass is 19.4. The molecular weight excluding hydrogens is 453 g/mol. The molecule has 18 heteroatoms. The molecule has 0 bridgehead atoms. The third-order valence-electron chi connectivity index (χ3n) is 2.90. The van der Waals surface area contributed by atoms with Crippen molar-refractivity contribution < 1.29 is 80.5 Å². The van der Waals surface area contributed by atoms with Crippen LogP contribution in [0.1, 0.15) is 0 Å². The van der Waals surface area contributed by atoms with E-state index in [4.69, 9.17) is 5.11 Å². The van der Waals surface area contributed by atoms with E-state index in [1.807, 2.05) is 0 Å². The molecule has 0 saturated carbocycles. The molecule has 0 aliphatic carbocycles. The van der Waals surface area contributed by atoms with Crippen molar-refractivity contribution in [1.29, 1.82) is 0 Å². The van der Waals surface area contributed by atoms with Crippen molar-refractivity contribution in [1.82, 2.24) is 0 Å². The number of carboxylic acid groups (broad SMARTS) is 1. The highest BCUT2D eigenvalue weighted by Crippen LogP contribution is 2.62. The summed E-state index contributed by atoms with van der Waals surface area (Å²) in [5, 5.41) is 7.96. The van der Waals surface area contributed by atoms with E-state index in [0.29, 0.717) is 0 Å². The SMILES string of the molecule is O=C(O)COCC(F)(F)C(F)(F)C(F)(F)C(F)(F)C(F)(F)C(F)(F)C(F)(F)F. The van der Waals surface area contributed by atoms with Gasteiger partial charge in [0.25, 0.3) is 0 Å². The van der Waals surface area contributed by atoms with Gasteiger partial charge >= 0.3 is 47.7 Å². The summed E-state index contributed by atoms with van der Waals surface area (Å²) in [6, 6.07) is 0. The number of hydrogen-bond donors (Lipinski definition) is 1. The molecule has 0 spiro atoms. The minimum atomic E-state index is -8.38. The topological polar surface area (TPSA) is 46.5 Å². The monoisotopic (exact) mass is 458 g/mol. The molecule has 0 atom stereocenters. The van der Waals surface area contributed by atoms with E-state index < -0.39 is 60.9 Å². The molecule has 0 amide bonds. The van der Waals surface area contributed by atoms with Gasteiger partial charge in [0.2, 0.25) is 0 Å². The van der Waals surface area contributed by atoms with Crippen LogP contribution in [-0.2, 0) is 9.53 Å². The van der Waals surface area contributed by atoms with Crippen molar-refractivity contribution in [3.05, 3.63) is 0 Å². The average Bonchev–Trinajstić information content (AvgIpc) is 2.44. The molecule has 3 nitrogen and oxygen atoms in total. The number of ether oxygens (including phenoxy) is 1. The van der Waals surface area contributed by atoms with Crippen molar-refractivity contribution in [2.75, 3.05) is 13.2 Å². The fraction of sp³-hybridized carbons (Fsp3) is 0.900. The van der Waals surface area contributed by atoms with Gasteiger partial charge in [-0.05, 0) is 0 Å². The second kappa shape index (κ2) is 7.01. The summed E-state index contributed by atoms with van der Waals surface area (Å²) in [5.41, 5.74) is 0. The van der Waals surface area contributed by atoms with E-state index in [9.17, 15) is 70.7 Å². The van der Waals surface area contributed by atoms with Crippen molar-refractivity contribution in [2.45, 2.75) is 41.7 Å². The molecular formula is C10H5F15O3. The number of carboxylic acids is 1. The number of halogens is 15. The number of aliphatic carboxylic acids is 1. The fourth-order valence-corrected chi connectivity index (χ4v) is 1.36. The molecule has 28 heavy (non-hydrogen) atoms. The molecule has 168 valence electrons. The molecule has 1 N–H and O–H groups in total. The van der Waals surface area contributed by atoms with Gasteiger partial charge in [0.15, 0.2) is 0 Å². The van der Waals surface area contributed by atoms with Crippen LogP contribution in [0.5, 0.6) is 0 Å². The normalized spacial score (nSPS) is 15.7. The molecule has 0 aliphatic rings. The van der Waals surface area contributed by atoms with Crippen LogP contribution < -0.4 is 0 Å². The Bertz CT molecular complexity index is 579. The Morgan fingerprint density at radius 3 is 1.25 bits per heavy atom. The Labute approximate surface area is 143 Å². The molecule has 0 unspecified atom stereocenters. The van der Waals surface area contributed by atoms with E-state index in [1.165, 1.54) is 0 Å². The van der Waals surface area contributed by atoms with Crippen LogP contribution in [0.3, 0.4) is 0 Å². The maximum absolute atomic E-state index is 13.1. The minimum Gasteiger partial charge on any atom is -0.480 e. The van der Waals surface area contributed by atoms with E-state index in [1.54, 1.807) is 0 Å². The zero-order valence-electron chi connectivity index (χ0n) is 12.3. The first-order valence-electron chi connectivity index (χ1n) is 6.05. The van der Waals surface area contributed by atoms with Crippen molar-refractivity contribution in [3.8, 4) is 0 Å². The number of rotatable bonds is 9. The van der Waals surface area contributed by atoms with Gasteiger partial charge in [-0.3, -0.25) is 0 Å². The lowest BCUT2D eigenvalue weighted by Crippen LogP contribution is -2.73. The van der Waals surface area contributed by atoms with E-state index in [0.717, 1.165) is 0 Å². The van der Waals surface area contributed by atoms with Crippen LogP contribution in [0.4, 0.5) is 65.9 Å². The quantitative estimate of drug-likeness (QED) is 0.520. The first-order valence-corrected chi connectivity index (χ1v) is 6.05. The van der Waals surface area contributed by atoms with Gasteiger partial charge < -0.3 is 9.84 Å². The highest BCUT2D eigenvalue weighted by molar-refractivity contribution is 5.67. The van der Waals surface area contributed by atoms with E-state index in [-0.39, 0.29) is 0 Å². The summed E-state index contributed by atoms with van der Waals surface area (Å²) < 4.78 is 194. The summed E-state index contributed by atoms with van der Waals surface area (Å²) in [6.07, 6.45) is -7.67. The second-order valence-corrected chi connectivity index (χ2v) is 4.96. The largest absolute Gasteiger partial charge is 0.480 e. The molecule has 0 aromatic carbocycles. The van der Waals surface area contributed by atoms with Gasteiger partial charge in [0, 0.05) is 0 Å². The maximum atomic E-state index is 13.1. The fourth-order valence-electron chi connectivity index (χ4n) is 1.36. The predicted molar refractivity (Wildman–Crippen MR) is 54.2 cm³/mol. The smallest absolute Gasteiger partial charge is 0.460 e. The number of carbonyl (C=O) groups is 1. The van der Waals surface area contributed by atoms with Gasteiger partial charge in [-0.15, -0.1) is 0 Å². The summed E-state index contributed by atoms with van der Waals surface area (Å²) in [7, 11) is 0. The van der Waals surface area contributed by atoms with Gasteiger partial charge in [-0.2, -0.15) is 65.9 Å². The summed E-state index contributed by atoms with van der Waals surface area (Å²) >= 11 is 0. The summed E-state index contributed by atoms with van der Waals surface area (Å²) in [4.78, 5) is 9.91. The minimum absolute atomic E-state index is 1.91. The van der Waals surface area contributed by atoms with Crippen LogP contribution in [0.25, 0.3) is 0 Å². The summed E-state index contributed by atoms with van der Waals surface area (Å²) in [5.74, 6) is -49.4. The number of hydrogen-bond acceptors (Lipinski definition) is 2. The van der Waals surface area contributed by atoms with E-state index >= 15 is 0 Å². The van der Waals surface area contributed by atoms with Crippen molar-refractivity contribution in [2.24, 2.45) is 0 Å². The first kappa shape index (κ1) is 26.4. The molecule has 0 aliphatic heterocycles. The molecule has 0 saturated heterocycles. The Hall–Kier alpha value is -1.62. The molecule has 0 radical (unpaired) electrons. The Kier molecular flexibility index (Phi) is 6.61. The Morgan fingerprint density at radius 2 is 0.929 bits per heavy atom. The zero-order valence-corrected chi connectivity index (χ0v) is 12.3. The van der Waals surface area contributed by atoms with Gasteiger partial charge in [-0.1, -0.05) is 0 Å². The Balaban J connectivity index is 6.20. The standard InChI is InChI=1S/C10H5F15O3/c11-4(12,2-28-1-3(26)27)5(13,14)6(15,16)7(17,18)8(19,20)9(21,22)10(23,24)25/h1-2H2,(H,26,27). The molecule has 0 heterocycles. The van der Waals surface area contributed by atoms with Crippen molar-refractivity contribution in [3.63, 3.8) is 0 Å². The van der Waals surface area contributed by atoms with Crippen LogP contribution in [0.2, 0.25) is 0 Å². The van der Waals surface area contributed by atoms with Gasteiger partial charge in [-0.25, -0.2) is 4.79 Å². The predicted octanol–water partition coefficient (Wildman–Crippen LogP) is 4.46. The lowest BCUT2D eigenvalue weighted by atomic mass is 9.91. The molecule has 0 fully saturated rings. The molecule has 0 aromatic heterocycles. The molecule has 0 rings (SSSR count). The maximum Gasteiger partial charge on any atom is 0.460 e. The van der Waals surface area contributed by atoms with Crippen molar-refractivity contribution >= 4 is 5.97 Å². The third kappa shape index (κ3) is 3.78. The molecule has 0 aromatic rings. The lowest BCUT2D eigenvalue weighted by molar-refractivity contribution is -0.453. The van der Waals surface area contributed by atoms with E-state index in [2.05, 4.69) is 4.74 Å². The highest BCUT2D eigenvalue weighted by Gasteiger charge is 2.93. The van der Waals surface area contributed by atoms with Gasteiger partial charge in [0.05, 0.1) is 0 Å². The average molecular weight is 458 g/mol. The van der Waals surface area contributed by atoms with Crippen LogP contribution >= 0.6 is 0 Å². The summed E-state index contributed by atoms with van der Waals surface area (Å²) in [6.45, 7) is -5.03. The van der Waals surface area contributed by atoms with Gasteiger partial charge in [0.1, 0.15) is 13.2 Å². The first-order chi connectivity index (χ1) is 11.9. The Morgan fingerprint density at radius 1 is 0.607 bits per heavy atom. The second-order valence-electron chi connectivity index (χ2n) is 4.96.